The first kappa shape index (κ1) is 11.5. The van der Waals surface area contributed by atoms with E-state index >= 15 is 0 Å². The number of nitrogens with zero attached hydrogens (tertiary/aromatic N) is 1. The number of rotatable bonds is 4. The summed E-state index contributed by atoms with van der Waals surface area (Å²) in [5.74, 6) is -0.773. The molecular weight excluding hydrogens is 228 g/mol. The summed E-state index contributed by atoms with van der Waals surface area (Å²) in [4.78, 5) is 15.2. The van der Waals surface area contributed by atoms with Gasteiger partial charge in [0.2, 0.25) is 0 Å². The highest BCUT2D eigenvalue weighted by atomic mass is 32.2. The third-order valence-electron chi connectivity index (χ3n) is 3.03. The third kappa shape index (κ3) is 2.08. The molecular formula is C10H14N2O3S. The quantitative estimate of drug-likeness (QED) is 0.830. The van der Waals surface area contributed by atoms with Gasteiger partial charge in [-0.15, -0.1) is 0 Å². The Bertz CT molecular complexity index is 368. The summed E-state index contributed by atoms with van der Waals surface area (Å²) in [6.07, 6.45) is 5.24. The lowest BCUT2D eigenvalue weighted by molar-refractivity contribution is -0.144. The normalized spacial score (nSPS) is 29.4. The molecule has 0 radical (unpaired) electrons. The molecule has 5 nitrogen and oxygen atoms in total. The number of thioether (sulfide) groups is 1. The molecule has 1 heterocycles. The highest BCUT2D eigenvalue weighted by molar-refractivity contribution is 7.99. The molecule has 6 heteroatoms. The maximum absolute atomic E-state index is 11.2. The van der Waals surface area contributed by atoms with Crippen molar-refractivity contribution < 1.29 is 14.3 Å². The molecule has 2 rings (SSSR count). The molecule has 0 aliphatic heterocycles. The van der Waals surface area contributed by atoms with E-state index in [2.05, 4.69) is 10.3 Å². The van der Waals surface area contributed by atoms with Crippen LogP contribution in [0.25, 0.3) is 0 Å². The zero-order chi connectivity index (χ0) is 11.6. The summed E-state index contributed by atoms with van der Waals surface area (Å²) >= 11 is 1.51. The molecule has 0 bridgehead atoms. The monoisotopic (exact) mass is 242 g/mol. The second-order valence-corrected chi connectivity index (χ2v) is 5.17. The van der Waals surface area contributed by atoms with Gasteiger partial charge in [-0.3, -0.25) is 4.79 Å². The zero-order valence-electron chi connectivity index (χ0n) is 8.97. The van der Waals surface area contributed by atoms with Crippen LogP contribution in [-0.2, 0) is 4.79 Å². The molecule has 1 aliphatic rings. The number of hydrogen-bond acceptors (Lipinski definition) is 5. The summed E-state index contributed by atoms with van der Waals surface area (Å²) in [5, 5.41) is 13.0. The van der Waals surface area contributed by atoms with E-state index in [-0.39, 0.29) is 5.25 Å². The highest BCUT2D eigenvalue weighted by Gasteiger charge is 2.44. The Morgan fingerprint density at radius 1 is 1.81 bits per heavy atom. The first-order valence-corrected chi connectivity index (χ1v) is 6.03. The highest BCUT2D eigenvalue weighted by Crippen LogP contribution is 2.39. The molecule has 1 aliphatic carbocycles. The lowest BCUT2D eigenvalue weighted by Crippen LogP contribution is -2.48. The van der Waals surface area contributed by atoms with E-state index in [4.69, 9.17) is 4.42 Å². The topological polar surface area (TPSA) is 75.4 Å². The minimum absolute atomic E-state index is 0.252. The summed E-state index contributed by atoms with van der Waals surface area (Å²) in [7, 11) is 1.70. The molecule has 1 fully saturated rings. The minimum atomic E-state index is -0.774. The van der Waals surface area contributed by atoms with Crippen molar-refractivity contribution in [2.75, 3.05) is 7.05 Å². The van der Waals surface area contributed by atoms with Crippen molar-refractivity contribution in [3.8, 4) is 0 Å². The van der Waals surface area contributed by atoms with E-state index in [0.717, 1.165) is 6.42 Å². The zero-order valence-corrected chi connectivity index (χ0v) is 9.79. The van der Waals surface area contributed by atoms with E-state index < -0.39 is 11.5 Å². The lowest BCUT2D eigenvalue weighted by Gasteiger charge is -2.23. The number of aliphatic carboxylic acids is 1. The summed E-state index contributed by atoms with van der Waals surface area (Å²) in [6.45, 7) is 0. The summed E-state index contributed by atoms with van der Waals surface area (Å²) in [5.41, 5.74) is -0.774. The van der Waals surface area contributed by atoms with E-state index in [9.17, 15) is 9.90 Å². The summed E-state index contributed by atoms with van der Waals surface area (Å²) < 4.78 is 5.14. The molecule has 2 atom stereocenters. The molecule has 1 aromatic rings. The van der Waals surface area contributed by atoms with Crippen molar-refractivity contribution in [1.82, 2.24) is 10.3 Å². The van der Waals surface area contributed by atoms with Crippen molar-refractivity contribution in [3.05, 3.63) is 12.5 Å². The van der Waals surface area contributed by atoms with Crippen LogP contribution >= 0.6 is 11.8 Å². The van der Waals surface area contributed by atoms with E-state index in [0.29, 0.717) is 18.1 Å². The van der Waals surface area contributed by atoms with Crippen LogP contribution in [0, 0.1) is 0 Å². The number of aromatic nitrogens is 1. The second kappa shape index (κ2) is 4.47. The first-order chi connectivity index (χ1) is 7.66. The smallest absolute Gasteiger partial charge is 0.323 e. The van der Waals surface area contributed by atoms with E-state index in [1.165, 1.54) is 18.0 Å². The number of oxazole rings is 1. The van der Waals surface area contributed by atoms with Crippen molar-refractivity contribution in [3.63, 3.8) is 0 Å². The van der Waals surface area contributed by atoms with Crippen LogP contribution in [0.1, 0.15) is 19.3 Å². The van der Waals surface area contributed by atoms with Crippen LogP contribution in [0.2, 0.25) is 0 Å². The minimum Gasteiger partial charge on any atom is -0.480 e. The van der Waals surface area contributed by atoms with Crippen molar-refractivity contribution >= 4 is 17.7 Å². The van der Waals surface area contributed by atoms with Crippen LogP contribution in [0.15, 0.2) is 22.1 Å². The lowest BCUT2D eigenvalue weighted by atomic mass is 9.99. The van der Waals surface area contributed by atoms with Gasteiger partial charge in [0, 0.05) is 5.25 Å². The van der Waals surface area contributed by atoms with E-state index in [1.807, 2.05) is 0 Å². The molecule has 1 saturated carbocycles. The van der Waals surface area contributed by atoms with Gasteiger partial charge in [-0.05, 0) is 26.3 Å². The largest absolute Gasteiger partial charge is 0.480 e. The van der Waals surface area contributed by atoms with Gasteiger partial charge in [0.05, 0.1) is 6.20 Å². The third-order valence-corrected chi connectivity index (χ3v) is 4.17. The van der Waals surface area contributed by atoms with Crippen LogP contribution in [-0.4, -0.2) is 33.9 Å². The van der Waals surface area contributed by atoms with Gasteiger partial charge in [-0.2, -0.15) is 0 Å². The molecule has 1 aromatic heterocycles. The number of carbonyl (C=O) groups is 1. The fraction of sp³-hybridized carbons (Fsp3) is 0.600. The fourth-order valence-corrected chi connectivity index (χ4v) is 3.16. The Labute approximate surface area is 97.6 Å². The first-order valence-electron chi connectivity index (χ1n) is 5.15. The molecule has 0 amide bonds. The van der Waals surface area contributed by atoms with Crippen LogP contribution in [0.5, 0.6) is 0 Å². The Kier molecular flexibility index (Phi) is 3.20. The average Bonchev–Trinajstić information content (AvgIpc) is 2.88. The van der Waals surface area contributed by atoms with Gasteiger partial charge >= 0.3 is 5.97 Å². The fourth-order valence-electron chi connectivity index (χ4n) is 2.04. The van der Waals surface area contributed by atoms with Gasteiger partial charge in [0.25, 0.3) is 5.22 Å². The standard InChI is InChI=1S/C10H14N2O3S/c1-11-10(8(13)14)3-2-7(6-10)16-9-12-4-5-15-9/h4-5,7,11H,2-3,6H2,1H3,(H,13,14). The Morgan fingerprint density at radius 3 is 3.12 bits per heavy atom. The van der Waals surface area contributed by atoms with Crippen molar-refractivity contribution in [1.29, 1.82) is 0 Å². The molecule has 0 spiro atoms. The number of nitrogens with one attached hydrogen (secondary N) is 1. The number of likely N-dealkylation sites (N-methyl/N-ethyl adjacent to an activating group) is 1. The van der Waals surface area contributed by atoms with Crippen LogP contribution in [0.4, 0.5) is 0 Å². The molecule has 2 N–H and O–H groups in total. The molecule has 0 aromatic carbocycles. The predicted octanol–water partition coefficient (Wildman–Crippen LogP) is 1.36. The van der Waals surface area contributed by atoms with Gasteiger partial charge in [0.1, 0.15) is 11.8 Å². The SMILES string of the molecule is CNC1(C(=O)O)CCC(Sc2ncco2)C1. The Hall–Kier alpha value is -1.01. The molecule has 16 heavy (non-hydrogen) atoms. The average molecular weight is 242 g/mol. The second-order valence-electron chi connectivity index (χ2n) is 3.92. The Morgan fingerprint density at radius 2 is 2.62 bits per heavy atom. The van der Waals surface area contributed by atoms with Crippen LogP contribution in [0.3, 0.4) is 0 Å². The number of carboxylic acid groups (broad SMARTS) is 1. The molecule has 88 valence electrons. The predicted molar refractivity (Wildman–Crippen MR) is 59.4 cm³/mol. The maximum Gasteiger partial charge on any atom is 0.323 e. The summed E-state index contributed by atoms with van der Waals surface area (Å²) in [6, 6.07) is 0. The van der Waals surface area contributed by atoms with E-state index in [1.54, 1.807) is 13.2 Å². The van der Waals surface area contributed by atoms with Gasteiger partial charge in [-0.25, -0.2) is 4.98 Å². The van der Waals surface area contributed by atoms with Crippen molar-refractivity contribution in [2.24, 2.45) is 0 Å². The molecule has 0 saturated heterocycles. The molecule has 2 unspecified atom stereocenters. The number of hydrogen-bond donors (Lipinski definition) is 2. The van der Waals surface area contributed by atoms with Gasteiger partial charge in [0.15, 0.2) is 0 Å². The maximum atomic E-state index is 11.2. The van der Waals surface area contributed by atoms with Crippen LogP contribution < -0.4 is 5.32 Å². The van der Waals surface area contributed by atoms with Crippen molar-refractivity contribution in [2.45, 2.75) is 35.3 Å². The van der Waals surface area contributed by atoms with Gasteiger partial charge < -0.3 is 14.8 Å². The van der Waals surface area contributed by atoms with Gasteiger partial charge in [-0.1, -0.05) is 11.8 Å². The Balaban J connectivity index is 1.99. The number of carboxylic acids is 1.